The van der Waals surface area contributed by atoms with Crippen molar-refractivity contribution in [2.75, 3.05) is 5.75 Å². The van der Waals surface area contributed by atoms with Gasteiger partial charge in [-0.05, 0) is 29.8 Å². The summed E-state index contributed by atoms with van der Waals surface area (Å²) in [5.74, 6) is -0.933. The van der Waals surface area contributed by atoms with Gasteiger partial charge in [-0.15, -0.1) is 11.8 Å². The van der Waals surface area contributed by atoms with Gasteiger partial charge >= 0.3 is 17.9 Å². The average Bonchev–Trinajstić information content (AvgIpc) is 2.72. The third-order valence-electron chi connectivity index (χ3n) is 4.46. The van der Waals surface area contributed by atoms with E-state index in [1.165, 1.54) is 32.5 Å². The number of esters is 3. The normalized spacial score (nSPS) is 22.5. The Bertz CT molecular complexity index is 1000. The Kier molecular flexibility index (Phi) is 7.98. The van der Waals surface area contributed by atoms with Crippen LogP contribution in [0.4, 0.5) is 0 Å². The Balaban J connectivity index is 1.88. The van der Waals surface area contributed by atoms with Crippen molar-refractivity contribution in [3.63, 3.8) is 0 Å². The molecule has 170 valence electrons. The van der Waals surface area contributed by atoms with Crippen LogP contribution in [0.3, 0.4) is 0 Å². The highest BCUT2D eigenvalue weighted by molar-refractivity contribution is 7.99. The van der Waals surface area contributed by atoms with E-state index in [4.69, 9.17) is 30.5 Å². The van der Waals surface area contributed by atoms with Gasteiger partial charge in [0.25, 0.3) is 0 Å². The zero-order valence-electron chi connectivity index (χ0n) is 17.6. The Morgan fingerprint density at radius 3 is 2.31 bits per heavy atom. The van der Waals surface area contributed by atoms with Crippen molar-refractivity contribution in [3.05, 3.63) is 47.7 Å². The zero-order chi connectivity index (χ0) is 23.3. The van der Waals surface area contributed by atoms with Crippen molar-refractivity contribution in [2.45, 2.75) is 44.5 Å². The van der Waals surface area contributed by atoms with E-state index in [9.17, 15) is 14.4 Å². The van der Waals surface area contributed by atoms with Gasteiger partial charge in [-0.2, -0.15) is 0 Å². The summed E-state index contributed by atoms with van der Waals surface area (Å²) in [5, 5.41) is 0.355. The summed E-state index contributed by atoms with van der Waals surface area (Å²) < 4.78 is 22.3. The van der Waals surface area contributed by atoms with E-state index >= 15 is 0 Å². The fourth-order valence-corrected chi connectivity index (χ4v) is 4.73. The molecule has 0 amide bonds. The van der Waals surface area contributed by atoms with Crippen LogP contribution in [-0.2, 0) is 28.6 Å². The highest BCUT2D eigenvalue weighted by atomic mass is 35.5. The third kappa shape index (κ3) is 6.14. The molecule has 1 saturated heterocycles. The summed E-state index contributed by atoms with van der Waals surface area (Å²) in [6.07, 6.45) is -1.19. The van der Waals surface area contributed by atoms with Crippen LogP contribution in [0.5, 0.6) is 5.75 Å². The number of thioether (sulfide) groups is 1. The molecule has 32 heavy (non-hydrogen) atoms. The number of nitrogens with zero attached hydrogens (tertiary/aromatic N) is 1. The number of rotatable bonds is 6. The highest BCUT2D eigenvalue weighted by Gasteiger charge is 2.47. The standard InChI is InChI=1S/C22H22ClNO7S/c1-12(25)28-18-11-32-22(20(30-14(3)27)19(18)29-13(2)26)31-16-7-4-6-15(10-16)17-8-5-9-24-21(17)23/h4-10,18-20,22H,11H2,1-3H3/t18-,19+,20-,22-/m1/s1. The molecule has 0 saturated carbocycles. The number of hydrogen-bond donors (Lipinski definition) is 0. The van der Waals surface area contributed by atoms with Gasteiger partial charge in [-0.3, -0.25) is 14.4 Å². The van der Waals surface area contributed by atoms with Crippen LogP contribution in [0, 0.1) is 0 Å². The van der Waals surface area contributed by atoms with E-state index in [0.717, 1.165) is 11.1 Å². The first kappa shape index (κ1) is 23.9. The van der Waals surface area contributed by atoms with Crippen molar-refractivity contribution in [1.82, 2.24) is 4.98 Å². The fourth-order valence-electron chi connectivity index (χ4n) is 3.28. The van der Waals surface area contributed by atoms with Crippen molar-refractivity contribution >= 4 is 41.3 Å². The molecular formula is C22H22ClNO7S. The van der Waals surface area contributed by atoms with Gasteiger partial charge in [0, 0.05) is 38.3 Å². The summed E-state index contributed by atoms with van der Waals surface area (Å²) in [6, 6.07) is 10.8. The molecule has 2 aromatic rings. The minimum Gasteiger partial charge on any atom is -0.476 e. The van der Waals surface area contributed by atoms with Crippen molar-refractivity contribution in [2.24, 2.45) is 0 Å². The first-order valence-corrected chi connectivity index (χ1v) is 11.2. The predicted octanol–water partition coefficient (Wildman–Crippen LogP) is 3.65. The van der Waals surface area contributed by atoms with Crippen LogP contribution in [0.2, 0.25) is 5.15 Å². The molecule has 1 aromatic carbocycles. The topological polar surface area (TPSA) is 101 Å². The largest absolute Gasteiger partial charge is 0.476 e. The number of halogens is 1. The summed E-state index contributed by atoms with van der Waals surface area (Å²) in [7, 11) is 0. The number of hydrogen-bond acceptors (Lipinski definition) is 9. The SMILES string of the molecule is CC(=O)O[C@@H]1[C@@H](OC(C)=O)[C@H](OC(C)=O)CS[C@H]1Oc1cccc(-c2cccnc2Cl)c1. The minimum atomic E-state index is -1.01. The molecule has 0 spiro atoms. The van der Waals surface area contributed by atoms with Gasteiger partial charge in [0.15, 0.2) is 23.7 Å². The summed E-state index contributed by atoms with van der Waals surface area (Å²) in [6.45, 7) is 3.73. The molecule has 2 heterocycles. The second-order valence-electron chi connectivity index (χ2n) is 6.99. The van der Waals surface area contributed by atoms with Gasteiger partial charge in [-0.1, -0.05) is 23.7 Å². The predicted molar refractivity (Wildman–Crippen MR) is 118 cm³/mol. The molecule has 0 bridgehead atoms. The monoisotopic (exact) mass is 479 g/mol. The number of ether oxygens (including phenoxy) is 4. The molecule has 8 nitrogen and oxygen atoms in total. The maximum absolute atomic E-state index is 11.8. The molecule has 1 aliphatic rings. The zero-order valence-corrected chi connectivity index (χ0v) is 19.2. The second kappa shape index (κ2) is 10.7. The molecule has 1 fully saturated rings. The number of aromatic nitrogens is 1. The van der Waals surface area contributed by atoms with E-state index in [1.807, 2.05) is 12.1 Å². The lowest BCUT2D eigenvalue weighted by Gasteiger charge is -2.39. The molecule has 0 aliphatic carbocycles. The van der Waals surface area contributed by atoms with Crippen LogP contribution in [-0.4, -0.2) is 52.4 Å². The molecule has 1 aromatic heterocycles. The maximum atomic E-state index is 11.8. The molecule has 1 aliphatic heterocycles. The Morgan fingerprint density at radius 1 is 0.969 bits per heavy atom. The summed E-state index contributed by atoms with van der Waals surface area (Å²) in [4.78, 5) is 39.1. The van der Waals surface area contributed by atoms with Crippen molar-refractivity contribution < 1.29 is 33.3 Å². The molecule has 10 heteroatoms. The Morgan fingerprint density at radius 2 is 1.66 bits per heavy atom. The average molecular weight is 480 g/mol. The Hall–Kier alpha value is -2.78. The number of pyridine rings is 1. The lowest BCUT2D eigenvalue weighted by molar-refractivity contribution is -0.186. The van der Waals surface area contributed by atoms with Gasteiger partial charge < -0.3 is 18.9 Å². The van der Waals surface area contributed by atoms with E-state index in [0.29, 0.717) is 10.9 Å². The summed E-state index contributed by atoms with van der Waals surface area (Å²) >= 11 is 7.49. The van der Waals surface area contributed by atoms with Crippen LogP contribution >= 0.6 is 23.4 Å². The van der Waals surface area contributed by atoms with E-state index in [-0.39, 0.29) is 5.75 Å². The highest BCUT2D eigenvalue weighted by Crippen LogP contribution is 2.35. The summed E-state index contributed by atoms with van der Waals surface area (Å²) in [5.41, 5.74) is 0.814. The quantitative estimate of drug-likeness (QED) is 0.349. The molecule has 0 unspecified atom stereocenters. The van der Waals surface area contributed by atoms with Gasteiger partial charge in [-0.25, -0.2) is 4.98 Å². The first-order chi connectivity index (χ1) is 15.2. The van der Waals surface area contributed by atoms with Gasteiger partial charge in [0.1, 0.15) is 10.9 Å². The van der Waals surface area contributed by atoms with Gasteiger partial charge in [0.2, 0.25) is 0 Å². The van der Waals surface area contributed by atoms with Crippen LogP contribution in [0.15, 0.2) is 42.6 Å². The lowest BCUT2D eigenvalue weighted by atomic mass is 10.1. The van der Waals surface area contributed by atoms with E-state index in [1.54, 1.807) is 30.5 Å². The van der Waals surface area contributed by atoms with Crippen molar-refractivity contribution in [1.29, 1.82) is 0 Å². The third-order valence-corrected chi connectivity index (χ3v) is 5.98. The van der Waals surface area contributed by atoms with Crippen LogP contribution in [0.1, 0.15) is 20.8 Å². The second-order valence-corrected chi connectivity index (χ2v) is 8.47. The van der Waals surface area contributed by atoms with Crippen LogP contribution < -0.4 is 4.74 Å². The maximum Gasteiger partial charge on any atom is 0.303 e. The van der Waals surface area contributed by atoms with Crippen LogP contribution in [0.25, 0.3) is 11.1 Å². The molecule has 0 N–H and O–H groups in total. The number of carbonyl (C=O) groups excluding carboxylic acids is 3. The molecule has 4 atom stereocenters. The smallest absolute Gasteiger partial charge is 0.303 e. The van der Waals surface area contributed by atoms with E-state index < -0.39 is 41.7 Å². The van der Waals surface area contributed by atoms with Crippen molar-refractivity contribution in [3.8, 4) is 16.9 Å². The van der Waals surface area contributed by atoms with E-state index in [2.05, 4.69) is 4.98 Å². The first-order valence-electron chi connectivity index (χ1n) is 9.75. The Labute approximate surface area is 194 Å². The lowest BCUT2D eigenvalue weighted by Crippen LogP contribution is -2.55. The fraction of sp³-hybridized carbons (Fsp3) is 0.364. The molecule has 3 rings (SSSR count). The minimum absolute atomic E-state index is 0.286. The molecular weight excluding hydrogens is 458 g/mol. The number of benzene rings is 1. The molecule has 0 radical (unpaired) electrons. The van der Waals surface area contributed by atoms with Gasteiger partial charge in [0.05, 0.1) is 0 Å². The number of carbonyl (C=O) groups is 3.